The third kappa shape index (κ3) is 8.00. The SMILES string of the molecule is CC(C)(C)OC(=O)NCc1ncc(S(=O)c2cc(C(=O)OC(C)(C)C)cc(-c3ccccc3)c2)s1. The second-order valence-electron chi connectivity index (χ2n) is 9.81. The van der Waals surface area contributed by atoms with Crippen LogP contribution in [0.3, 0.4) is 0 Å². The lowest BCUT2D eigenvalue weighted by molar-refractivity contribution is 0.00689. The van der Waals surface area contributed by atoms with Crippen LogP contribution in [0.15, 0.2) is 63.8 Å². The van der Waals surface area contributed by atoms with Gasteiger partial charge in [0.2, 0.25) is 0 Å². The van der Waals surface area contributed by atoms with Crippen LogP contribution in [-0.2, 0) is 26.8 Å². The Morgan fingerprint density at radius 2 is 1.60 bits per heavy atom. The average Bonchev–Trinajstić information content (AvgIpc) is 3.24. The lowest BCUT2D eigenvalue weighted by Gasteiger charge is -2.20. The molecule has 1 N–H and O–H groups in total. The van der Waals surface area contributed by atoms with Crippen molar-refractivity contribution in [3.8, 4) is 11.1 Å². The molecule has 35 heavy (non-hydrogen) atoms. The minimum atomic E-state index is -1.59. The number of nitrogens with zero attached hydrogens (tertiary/aromatic N) is 1. The van der Waals surface area contributed by atoms with Crippen LogP contribution in [0, 0.1) is 0 Å². The molecular formula is C26H30N2O5S2. The van der Waals surface area contributed by atoms with Gasteiger partial charge in [0.1, 0.15) is 20.4 Å². The molecule has 0 aliphatic carbocycles. The van der Waals surface area contributed by atoms with E-state index in [1.807, 2.05) is 30.3 Å². The number of amides is 1. The number of aromatic nitrogens is 1. The highest BCUT2D eigenvalue weighted by atomic mass is 32.2. The normalized spacial score (nSPS) is 12.6. The van der Waals surface area contributed by atoms with Gasteiger partial charge in [-0.3, -0.25) is 0 Å². The molecule has 2 aromatic carbocycles. The number of carbonyl (C=O) groups is 2. The van der Waals surface area contributed by atoms with Crippen molar-refractivity contribution in [3.05, 3.63) is 65.3 Å². The zero-order valence-electron chi connectivity index (χ0n) is 20.7. The summed E-state index contributed by atoms with van der Waals surface area (Å²) in [6, 6.07) is 14.7. The van der Waals surface area contributed by atoms with Crippen LogP contribution in [0.1, 0.15) is 56.9 Å². The zero-order valence-corrected chi connectivity index (χ0v) is 22.3. The van der Waals surface area contributed by atoms with Gasteiger partial charge in [0.05, 0.1) is 29.1 Å². The number of thiazole rings is 1. The molecule has 1 amide bonds. The number of nitrogens with one attached hydrogen (secondary N) is 1. The highest BCUT2D eigenvalue weighted by Gasteiger charge is 2.22. The molecule has 0 saturated carbocycles. The van der Waals surface area contributed by atoms with Gasteiger partial charge in [-0.05, 0) is 70.9 Å². The van der Waals surface area contributed by atoms with E-state index in [0.29, 0.717) is 19.7 Å². The number of alkyl carbamates (subject to hydrolysis) is 1. The molecule has 0 aliphatic heterocycles. The summed E-state index contributed by atoms with van der Waals surface area (Å²) in [7, 11) is -1.59. The minimum Gasteiger partial charge on any atom is -0.456 e. The molecule has 0 spiro atoms. The summed E-state index contributed by atoms with van der Waals surface area (Å²) < 4.78 is 24.7. The summed E-state index contributed by atoms with van der Waals surface area (Å²) in [5, 5.41) is 3.24. The Balaban J connectivity index is 1.87. The summed E-state index contributed by atoms with van der Waals surface area (Å²) in [5.41, 5.74) is 0.708. The third-order valence-corrected chi connectivity index (χ3v) is 6.99. The van der Waals surface area contributed by atoms with Gasteiger partial charge in [0, 0.05) is 4.90 Å². The highest BCUT2D eigenvalue weighted by Crippen LogP contribution is 2.29. The maximum atomic E-state index is 13.4. The van der Waals surface area contributed by atoms with E-state index in [1.165, 1.54) is 17.5 Å². The van der Waals surface area contributed by atoms with Crippen LogP contribution < -0.4 is 5.32 Å². The fourth-order valence-corrected chi connectivity index (χ4v) is 5.31. The summed E-state index contributed by atoms with van der Waals surface area (Å²) in [5.74, 6) is -0.486. The second-order valence-corrected chi connectivity index (χ2v) is 12.6. The van der Waals surface area contributed by atoms with Gasteiger partial charge in [-0.2, -0.15) is 0 Å². The van der Waals surface area contributed by atoms with Crippen LogP contribution in [-0.4, -0.2) is 32.5 Å². The first-order valence-corrected chi connectivity index (χ1v) is 13.0. The first-order valence-electron chi connectivity index (χ1n) is 11.1. The van der Waals surface area contributed by atoms with Gasteiger partial charge in [0.15, 0.2) is 0 Å². The number of hydrogen-bond acceptors (Lipinski definition) is 7. The van der Waals surface area contributed by atoms with E-state index in [2.05, 4.69) is 10.3 Å². The van der Waals surface area contributed by atoms with E-state index in [4.69, 9.17) is 9.47 Å². The predicted octanol–water partition coefficient (Wildman–Crippen LogP) is 5.96. The zero-order chi connectivity index (χ0) is 25.8. The molecule has 0 radical (unpaired) electrons. The van der Waals surface area contributed by atoms with Crippen molar-refractivity contribution in [2.24, 2.45) is 0 Å². The molecule has 0 bridgehead atoms. The second kappa shape index (κ2) is 10.7. The molecule has 0 aliphatic rings. The van der Waals surface area contributed by atoms with E-state index in [-0.39, 0.29) is 6.54 Å². The Kier molecular flexibility index (Phi) is 8.12. The summed E-state index contributed by atoms with van der Waals surface area (Å²) in [6.07, 6.45) is 0.975. The van der Waals surface area contributed by atoms with Gasteiger partial charge in [-0.1, -0.05) is 30.3 Å². The topological polar surface area (TPSA) is 94.6 Å². The molecule has 186 valence electrons. The smallest absolute Gasteiger partial charge is 0.408 e. The molecule has 0 saturated heterocycles. The lowest BCUT2D eigenvalue weighted by atomic mass is 10.0. The van der Waals surface area contributed by atoms with E-state index < -0.39 is 34.1 Å². The Morgan fingerprint density at radius 1 is 0.943 bits per heavy atom. The van der Waals surface area contributed by atoms with Gasteiger partial charge in [-0.25, -0.2) is 18.8 Å². The van der Waals surface area contributed by atoms with E-state index >= 15 is 0 Å². The van der Waals surface area contributed by atoms with Gasteiger partial charge in [0.25, 0.3) is 0 Å². The van der Waals surface area contributed by atoms with Crippen LogP contribution >= 0.6 is 11.3 Å². The van der Waals surface area contributed by atoms with Crippen molar-refractivity contribution < 1.29 is 23.3 Å². The van der Waals surface area contributed by atoms with Crippen LogP contribution in [0.5, 0.6) is 0 Å². The van der Waals surface area contributed by atoms with E-state index in [1.54, 1.807) is 59.7 Å². The molecule has 7 nitrogen and oxygen atoms in total. The maximum Gasteiger partial charge on any atom is 0.408 e. The maximum absolute atomic E-state index is 13.4. The largest absolute Gasteiger partial charge is 0.456 e. The van der Waals surface area contributed by atoms with Gasteiger partial charge in [-0.15, -0.1) is 11.3 Å². The summed E-state index contributed by atoms with van der Waals surface area (Å²) in [4.78, 5) is 29.5. The Hall–Kier alpha value is -3.04. The molecule has 1 aromatic heterocycles. The fraction of sp³-hybridized carbons (Fsp3) is 0.346. The third-order valence-electron chi connectivity index (χ3n) is 4.36. The molecule has 1 atom stereocenters. The predicted molar refractivity (Wildman–Crippen MR) is 137 cm³/mol. The quantitative estimate of drug-likeness (QED) is 0.408. The number of benzene rings is 2. The van der Waals surface area contributed by atoms with Crippen molar-refractivity contribution in [1.82, 2.24) is 10.3 Å². The van der Waals surface area contributed by atoms with Crippen molar-refractivity contribution in [3.63, 3.8) is 0 Å². The van der Waals surface area contributed by atoms with Crippen molar-refractivity contribution in [2.75, 3.05) is 0 Å². The number of ether oxygens (including phenoxy) is 2. The van der Waals surface area contributed by atoms with Crippen LogP contribution in [0.2, 0.25) is 0 Å². The number of rotatable bonds is 6. The Morgan fingerprint density at radius 3 is 2.23 bits per heavy atom. The number of hydrogen-bond donors (Lipinski definition) is 1. The molecule has 9 heteroatoms. The molecule has 1 heterocycles. The molecular weight excluding hydrogens is 484 g/mol. The molecule has 3 aromatic rings. The van der Waals surface area contributed by atoms with Crippen molar-refractivity contribution in [1.29, 1.82) is 0 Å². The monoisotopic (exact) mass is 514 g/mol. The van der Waals surface area contributed by atoms with Crippen LogP contribution in [0.25, 0.3) is 11.1 Å². The molecule has 1 unspecified atom stereocenters. The molecule has 3 rings (SSSR count). The fourth-order valence-electron chi connectivity index (χ4n) is 3.00. The lowest BCUT2D eigenvalue weighted by Crippen LogP contribution is -2.32. The van der Waals surface area contributed by atoms with Crippen molar-refractivity contribution in [2.45, 2.75) is 68.4 Å². The number of carbonyl (C=O) groups excluding carboxylic acids is 2. The first kappa shape index (κ1) is 26.6. The van der Waals surface area contributed by atoms with E-state index in [0.717, 1.165) is 11.1 Å². The first-order chi connectivity index (χ1) is 16.3. The van der Waals surface area contributed by atoms with Crippen molar-refractivity contribution >= 4 is 34.2 Å². The minimum absolute atomic E-state index is 0.157. The van der Waals surface area contributed by atoms with Gasteiger partial charge >= 0.3 is 12.1 Å². The standard InChI is InChI=1S/C26H30N2O5S2/c1-25(2,3)32-23(29)19-12-18(17-10-8-7-9-11-17)13-20(14-19)35(31)22-16-27-21(34-22)15-28-24(30)33-26(4,5)6/h7-14,16H,15H2,1-6H3,(H,28,30). The molecule has 0 fully saturated rings. The summed E-state index contributed by atoms with van der Waals surface area (Å²) in [6.45, 7) is 10.9. The van der Waals surface area contributed by atoms with Crippen LogP contribution in [0.4, 0.5) is 4.79 Å². The Labute approximate surface area is 212 Å². The van der Waals surface area contributed by atoms with Gasteiger partial charge < -0.3 is 14.8 Å². The highest BCUT2D eigenvalue weighted by molar-refractivity contribution is 7.87. The average molecular weight is 515 g/mol. The van der Waals surface area contributed by atoms with E-state index in [9.17, 15) is 13.8 Å². The Bertz CT molecular complexity index is 1220. The summed E-state index contributed by atoms with van der Waals surface area (Å²) >= 11 is 1.22. The number of esters is 1.